The van der Waals surface area contributed by atoms with Gasteiger partial charge in [-0.05, 0) is 37.0 Å². The molecule has 0 saturated heterocycles. The number of nitrogens with zero attached hydrogens (tertiary/aromatic N) is 1. The molecule has 1 aromatic carbocycles. The Morgan fingerprint density at radius 1 is 1.33 bits per heavy atom. The van der Waals surface area contributed by atoms with E-state index >= 15 is 0 Å². The fourth-order valence-corrected chi connectivity index (χ4v) is 2.70. The molecular formula is C15H21N3. The third-order valence-corrected chi connectivity index (χ3v) is 3.77. The van der Waals surface area contributed by atoms with Gasteiger partial charge in [0.05, 0.1) is 11.3 Å². The van der Waals surface area contributed by atoms with Crippen molar-refractivity contribution in [1.82, 2.24) is 0 Å². The zero-order valence-electron chi connectivity index (χ0n) is 10.8. The quantitative estimate of drug-likeness (QED) is 0.614. The predicted octanol–water partition coefficient (Wildman–Crippen LogP) is 3.52. The third kappa shape index (κ3) is 3.40. The molecule has 1 fully saturated rings. The molecule has 1 aliphatic carbocycles. The number of nitriles is 1. The van der Waals surface area contributed by atoms with Crippen LogP contribution in [0.4, 0.5) is 11.4 Å². The number of benzene rings is 1. The molecule has 2 rings (SSSR count). The molecule has 0 radical (unpaired) electrons. The van der Waals surface area contributed by atoms with Gasteiger partial charge in [-0.3, -0.25) is 0 Å². The summed E-state index contributed by atoms with van der Waals surface area (Å²) >= 11 is 0. The first-order valence-electron chi connectivity index (χ1n) is 6.83. The van der Waals surface area contributed by atoms with Gasteiger partial charge in [0.25, 0.3) is 0 Å². The zero-order chi connectivity index (χ0) is 12.8. The van der Waals surface area contributed by atoms with Crippen LogP contribution in [0.1, 0.15) is 44.1 Å². The van der Waals surface area contributed by atoms with Crippen molar-refractivity contribution in [1.29, 1.82) is 5.26 Å². The van der Waals surface area contributed by atoms with Crippen LogP contribution in [0.15, 0.2) is 18.2 Å². The highest BCUT2D eigenvalue weighted by Crippen LogP contribution is 2.28. The highest BCUT2D eigenvalue weighted by atomic mass is 14.9. The number of nitrogens with one attached hydrogen (secondary N) is 1. The third-order valence-electron chi connectivity index (χ3n) is 3.77. The molecule has 18 heavy (non-hydrogen) atoms. The van der Waals surface area contributed by atoms with Crippen molar-refractivity contribution in [3.8, 4) is 6.07 Å². The van der Waals surface area contributed by atoms with E-state index in [-0.39, 0.29) is 0 Å². The standard InChI is InChI=1S/C15H21N3/c16-11-13-7-8-14(10-15(13)17)18-9-3-6-12-4-1-2-5-12/h7-8,10,12,18H,1-6,9,17H2. The Labute approximate surface area is 109 Å². The summed E-state index contributed by atoms with van der Waals surface area (Å²) < 4.78 is 0. The second-order valence-electron chi connectivity index (χ2n) is 5.13. The highest BCUT2D eigenvalue weighted by molar-refractivity contribution is 5.62. The van der Waals surface area contributed by atoms with Crippen LogP contribution in [0.2, 0.25) is 0 Å². The topological polar surface area (TPSA) is 61.8 Å². The van der Waals surface area contributed by atoms with Gasteiger partial charge in [-0.25, -0.2) is 0 Å². The fraction of sp³-hybridized carbons (Fsp3) is 0.533. The molecule has 1 aromatic rings. The van der Waals surface area contributed by atoms with E-state index < -0.39 is 0 Å². The van der Waals surface area contributed by atoms with Gasteiger partial charge in [0.15, 0.2) is 0 Å². The second kappa shape index (κ2) is 6.30. The first-order chi connectivity index (χ1) is 8.79. The molecule has 0 spiro atoms. The van der Waals surface area contributed by atoms with Gasteiger partial charge in [0.2, 0.25) is 0 Å². The summed E-state index contributed by atoms with van der Waals surface area (Å²) in [6.45, 7) is 0.988. The van der Waals surface area contributed by atoms with Crippen molar-refractivity contribution in [2.45, 2.75) is 38.5 Å². The van der Waals surface area contributed by atoms with E-state index in [4.69, 9.17) is 11.0 Å². The van der Waals surface area contributed by atoms with E-state index in [0.717, 1.165) is 18.2 Å². The van der Waals surface area contributed by atoms with Crippen LogP contribution in [0, 0.1) is 17.2 Å². The van der Waals surface area contributed by atoms with Crippen molar-refractivity contribution >= 4 is 11.4 Å². The van der Waals surface area contributed by atoms with Crippen molar-refractivity contribution in [3.05, 3.63) is 23.8 Å². The van der Waals surface area contributed by atoms with E-state index in [9.17, 15) is 0 Å². The summed E-state index contributed by atoms with van der Waals surface area (Å²) in [5.74, 6) is 0.956. The molecule has 0 amide bonds. The molecule has 3 heteroatoms. The lowest BCUT2D eigenvalue weighted by Crippen LogP contribution is -2.04. The number of nitrogens with two attached hydrogens (primary N) is 1. The van der Waals surface area contributed by atoms with E-state index in [2.05, 4.69) is 11.4 Å². The van der Waals surface area contributed by atoms with Crippen LogP contribution in [0.3, 0.4) is 0 Å². The summed E-state index contributed by atoms with van der Waals surface area (Å²) in [5.41, 5.74) is 7.89. The van der Waals surface area contributed by atoms with Crippen LogP contribution in [0.5, 0.6) is 0 Å². The van der Waals surface area contributed by atoms with E-state index in [1.807, 2.05) is 12.1 Å². The Balaban J connectivity index is 1.73. The normalized spacial score (nSPS) is 15.5. The Kier molecular flexibility index (Phi) is 4.46. The minimum atomic E-state index is 0.548. The smallest absolute Gasteiger partial charge is 0.101 e. The number of nitrogen functional groups attached to an aromatic ring is 1. The Morgan fingerprint density at radius 3 is 2.78 bits per heavy atom. The molecule has 3 nitrogen and oxygen atoms in total. The summed E-state index contributed by atoms with van der Waals surface area (Å²) in [6, 6.07) is 7.61. The van der Waals surface area contributed by atoms with Gasteiger partial charge in [-0.2, -0.15) is 5.26 Å². The maximum atomic E-state index is 8.79. The highest BCUT2D eigenvalue weighted by Gasteiger charge is 2.13. The van der Waals surface area contributed by atoms with Gasteiger partial charge in [0.1, 0.15) is 6.07 Å². The molecule has 1 saturated carbocycles. The molecule has 3 N–H and O–H groups in total. The minimum Gasteiger partial charge on any atom is -0.398 e. The van der Waals surface area contributed by atoms with Gasteiger partial charge >= 0.3 is 0 Å². The van der Waals surface area contributed by atoms with Crippen LogP contribution in [-0.2, 0) is 0 Å². The summed E-state index contributed by atoms with van der Waals surface area (Å²) in [7, 11) is 0. The lowest BCUT2D eigenvalue weighted by Gasteiger charge is -2.10. The van der Waals surface area contributed by atoms with Crippen molar-refractivity contribution in [2.24, 2.45) is 5.92 Å². The summed E-state index contributed by atoms with van der Waals surface area (Å²) in [5, 5.41) is 12.2. The summed E-state index contributed by atoms with van der Waals surface area (Å²) in [4.78, 5) is 0. The zero-order valence-corrected chi connectivity index (χ0v) is 10.8. The molecule has 1 aliphatic rings. The molecule has 0 unspecified atom stereocenters. The Bertz CT molecular complexity index is 428. The van der Waals surface area contributed by atoms with Crippen LogP contribution in [-0.4, -0.2) is 6.54 Å². The first kappa shape index (κ1) is 12.8. The average molecular weight is 243 g/mol. The monoisotopic (exact) mass is 243 g/mol. The SMILES string of the molecule is N#Cc1ccc(NCCCC2CCCC2)cc1N. The average Bonchev–Trinajstić information content (AvgIpc) is 2.88. The molecule has 0 heterocycles. The Hall–Kier alpha value is -1.69. The van der Waals surface area contributed by atoms with Gasteiger partial charge in [-0.15, -0.1) is 0 Å². The summed E-state index contributed by atoms with van der Waals surface area (Å²) in [6.07, 6.45) is 8.23. The van der Waals surface area contributed by atoms with E-state index in [1.54, 1.807) is 6.07 Å². The number of anilines is 2. The van der Waals surface area contributed by atoms with E-state index in [0.29, 0.717) is 11.3 Å². The van der Waals surface area contributed by atoms with Crippen LogP contribution >= 0.6 is 0 Å². The van der Waals surface area contributed by atoms with Crippen LogP contribution < -0.4 is 11.1 Å². The largest absolute Gasteiger partial charge is 0.398 e. The molecule has 0 aromatic heterocycles. The van der Waals surface area contributed by atoms with Crippen molar-refractivity contribution < 1.29 is 0 Å². The second-order valence-corrected chi connectivity index (χ2v) is 5.13. The molecule has 0 atom stereocenters. The van der Waals surface area contributed by atoms with Gasteiger partial charge in [0, 0.05) is 12.2 Å². The van der Waals surface area contributed by atoms with E-state index in [1.165, 1.54) is 38.5 Å². The lowest BCUT2D eigenvalue weighted by molar-refractivity contribution is 0.491. The van der Waals surface area contributed by atoms with Gasteiger partial charge < -0.3 is 11.1 Å². The number of rotatable bonds is 5. The fourth-order valence-electron chi connectivity index (χ4n) is 2.70. The van der Waals surface area contributed by atoms with Crippen LogP contribution in [0.25, 0.3) is 0 Å². The molecule has 0 aliphatic heterocycles. The molecular weight excluding hydrogens is 222 g/mol. The predicted molar refractivity (Wildman–Crippen MR) is 75.3 cm³/mol. The van der Waals surface area contributed by atoms with Gasteiger partial charge in [-0.1, -0.05) is 25.7 Å². The van der Waals surface area contributed by atoms with Crippen molar-refractivity contribution in [2.75, 3.05) is 17.6 Å². The maximum absolute atomic E-state index is 8.79. The number of hydrogen-bond donors (Lipinski definition) is 2. The lowest BCUT2D eigenvalue weighted by atomic mass is 10.0. The first-order valence-corrected chi connectivity index (χ1v) is 6.83. The van der Waals surface area contributed by atoms with Crippen molar-refractivity contribution in [3.63, 3.8) is 0 Å². The molecule has 96 valence electrons. The molecule has 0 bridgehead atoms. The Morgan fingerprint density at radius 2 is 2.11 bits per heavy atom. The minimum absolute atomic E-state index is 0.548. The number of hydrogen-bond acceptors (Lipinski definition) is 3. The maximum Gasteiger partial charge on any atom is 0.101 e.